The number of hydrogen-bond acceptors (Lipinski definition) is 9. The Morgan fingerprint density at radius 2 is 1.75 bits per heavy atom. The van der Waals surface area contributed by atoms with E-state index in [0.717, 1.165) is 48.9 Å². The fourth-order valence-electron chi connectivity index (χ4n) is 7.27. The number of rotatable bonds is 14. The normalized spacial score (nSPS) is 17.8. The number of benzene rings is 2. The number of carbonyl (C=O) groups is 4. The minimum Gasteiger partial charge on any atom is -0.385 e. The highest BCUT2D eigenvalue weighted by atomic mass is 19.1. The number of imide groups is 1. The number of amides is 4. The molecule has 2 aliphatic rings. The number of carbonyl (C=O) groups excluding carboxylic acids is 4. The van der Waals surface area contributed by atoms with Gasteiger partial charge in [0.15, 0.2) is 11.3 Å². The summed E-state index contributed by atoms with van der Waals surface area (Å²) in [4.78, 5) is 67.2. The number of imidazole rings is 2. The molecule has 0 radical (unpaired) electrons. The van der Waals surface area contributed by atoms with E-state index in [9.17, 15) is 28.4 Å². The SMILES string of the molecule is CNc1cc(-c2cnn(-c3ccc(C(=O)NCCCCCCc4ccc5c(c4)n(C)c(=O)n5C4CCC(=O)NC4=O)cc3)c2)nn2c(C(=O)N[C@@H]3C[C@@H]3F)cnc12. The van der Waals surface area contributed by atoms with Crippen LogP contribution in [0, 0.1) is 0 Å². The van der Waals surface area contributed by atoms with E-state index in [2.05, 4.69) is 36.4 Å². The van der Waals surface area contributed by atoms with Crippen LogP contribution in [-0.4, -0.2) is 82.9 Å². The van der Waals surface area contributed by atoms with Gasteiger partial charge < -0.3 is 16.0 Å². The third-order valence-corrected chi connectivity index (χ3v) is 10.6. The number of nitrogens with one attached hydrogen (secondary N) is 4. The van der Waals surface area contributed by atoms with Gasteiger partial charge in [-0.15, -0.1) is 0 Å². The third kappa shape index (κ3) is 7.51. The second kappa shape index (κ2) is 15.5. The zero-order valence-electron chi connectivity index (χ0n) is 31.5. The molecule has 1 aliphatic carbocycles. The predicted molar refractivity (Wildman–Crippen MR) is 209 cm³/mol. The molecule has 2 fully saturated rings. The molecule has 4 aromatic heterocycles. The van der Waals surface area contributed by atoms with Gasteiger partial charge in [-0.05, 0) is 73.7 Å². The molecule has 2 aromatic carbocycles. The van der Waals surface area contributed by atoms with Crippen LogP contribution < -0.4 is 27.0 Å². The maximum Gasteiger partial charge on any atom is 0.329 e. The molecule has 17 heteroatoms. The van der Waals surface area contributed by atoms with Crippen molar-refractivity contribution in [2.45, 2.75) is 69.6 Å². The van der Waals surface area contributed by atoms with E-state index in [0.29, 0.717) is 53.1 Å². The molecule has 5 heterocycles. The zero-order valence-corrected chi connectivity index (χ0v) is 31.5. The van der Waals surface area contributed by atoms with Crippen LogP contribution in [0.3, 0.4) is 0 Å². The summed E-state index contributed by atoms with van der Waals surface area (Å²) >= 11 is 0. The molecule has 3 atom stereocenters. The molecule has 57 heavy (non-hydrogen) atoms. The summed E-state index contributed by atoms with van der Waals surface area (Å²) in [5.41, 5.74) is 6.08. The lowest BCUT2D eigenvalue weighted by Crippen LogP contribution is -2.44. The fourth-order valence-corrected chi connectivity index (χ4v) is 7.27. The van der Waals surface area contributed by atoms with Crippen LogP contribution in [0.15, 0.2) is 71.9 Å². The first-order valence-corrected chi connectivity index (χ1v) is 19.1. The van der Waals surface area contributed by atoms with Crippen LogP contribution in [0.25, 0.3) is 33.6 Å². The number of aryl methyl sites for hydroxylation is 2. The molecule has 1 unspecified atom stereocenters. The summed E-state index contributed by atoms with van der Waals surface area (Å²) in [5, 5.41) is 20.2. The van der Waals surface area contributed by atoms with Crippen molar-refractivity contribution in [3.05, 3.63) is 94.4 Å². The van der Waals surface area contributed by atoms with E-state index >= 15 is 0 Å². The third-order valence-electron chi connectivity index (χ3n) is 10.6. The van der Waals surface area contributed by atoms with Gasteiger partial charge in [-0.1, -0.05) is 18.9 Å². The topological polar surface area (TPSA) is 191 Å². The Balaban J connectivity index is 0.812. The molecule has 0 spiro atoms. The Hall–Kier alpha value is -6.65. The molecule has 16 nitrogen and oxygen atoms in total. The van der Waals surface area contributed by atoms with Crippen molar-refractivity contribution in [1.29, 1.82) is 0 Å². The van der Waals surface area contributed by atoms with Crippen molar-refractivity contribution in [3.63, 3.8) is 0 Å². The van der Waals surface area contributed by atoms with Crippen molar-refractivity contribution >= 4 is 46.0 Å². The molecule has 1 saturated carbocycles. The summed E-state index contributed by atoms with van der Waals surface area (Å²) in [6.45, 7) is 0.550. The predicted octanol–water partition coefficient (Wildman–Crippen LogP) is 3.63. The number of alkyl halides is 1. The van der Waals surface area contributed by atoms with Gasteiger partial charge >= 0.3 is 5.69 Å². The Kier molecular flexibility index (Phi) is 10.1. The van der Waals surface area contributed by atoms with E-state index < -0.39 is 30.1 Å². The summed E-state index contributed by atoms with van der Waals surface area (Å²) in [5.74, 6) is -1.37. The average molecular weight is 776 g/mol. The second-order valence-electron chi connectivity index (χ2n) is 14.5. The highest BCUT2D eigenvalue weighted by molar-refractivity contribution is 6.00. The lowest BCUT2D eigenvalue weighted by Gasteiger charge is -2.21. The Morgan fingerprint density at radius 3 is 2.51 bits per heavy atom. The monoisotopic (exact) mass is 775 g/mol. The molecule has 8 rings (SSSR count). The number of hydrogen-bond donors (Lipinski definition) is 4. The lowest BCUT2D eigenvalue weighted by atomic mass is 10.0. The highest BCUT2D eigenvalue weighted by Crippen LogP contribution is 2.28. The van der Waals surface area contributed by atoms with E-state index in [4.69, 9.17) is 0 Å². The van der Waals surface area contributed by atoms with Gasteiger partial charge in [-0.3, -0.25) is 33.6 Å². The number of nitrogens with zero attached hydrogens (tertiary/aromatic N) is 7. The number of piperidine rings is 1. The van der Waals surface area contributed by atoms with Crippen molar-refractivity contribution in [2.75, 3.05) is 18.9 Å². The average Bonchev–Trinajstić information content (AvgIpc) is 3.53. The maximum absolute atomic E-state index is 13.4. The molecular weight excluding hydrogens is 734 g/mol. The van der Waals surface area contributed by atoms with Crippen molar-refractivity contribution in [1.82, 2.24) is 49.5 Å². The Morgan fingerprint density at radius 1 is 0.965 bits per heavy atom. The number of unbranched alkanes of at least 4 members (excludes halogenated alkanes) is 3. The van der Waals surface area contributed by atoms with Gasteiger partial charge in [-0.25, -0.2) is 23.4 Å². The minimum atomic E-state index is -1.03. The van der Waals surface area contributed by atoms with Crippen molar-refractivity contribution in [2.24, 2.45) is 7.05 Å². The van der Waals surface area contributed by atoms with Gasteiger partial charge in [0.1, 0.15) is 12.2 Å². The van der Waals surface area contributed by atoms with Gasteiger partial charge in [-0.2, -0.15) is 10.2 Å². The van der Waals surface area contributed by atoms with E-state index in [1.807, 2.05) is 36.4 Å². The number of halogens is 1. The molecule has 1 saturated heterocycles. The first kappa shape index (κ1) is 37.3. The number of fused-ring (bicyclic) bond motifs is 2. The largest absolute Gasteiger partial charge is 0.385 e. The van der Waals surface area contributed by atoms with E-state index in [1.54, 1.807) is 47.9 Å². The number of anilines is 1. The quantitative estimate of drug-likeness (QED) is 0.0946. The molecule has 4 N–H and O–H groups in total. The van der Waals surface area contributed by atoms with Gasteiger partial charge in [0.05, 0.1) is 46.5 Å². The van der Waals surface area contributed by atoms with Crippen molar-refractivity contribution < 1.29 is 23.6 Å². The number of aromatic nitrogens is 7. The lowest BCUT2D eigenvalue weighted by molar-refractivity contribution is -0.135. The fraction of sp³-hybridized carbons (Fsp3) is 0.350. The van der Waals surface area contributed by atoms with E-state index in [1.165, 1.54) is 15.3 Å². The van der Waals surface area contributed by atoms with Crippen LogP contribution in [0.2, 0.25) is 0 Å². The highest BCUT2D eigenvalue weighted by Gasteiger charge is 2.39. The van der Waals surface area contributed by atoms with Crippen LogP contribution in [-0.2, 0) is 23.1 Å². The molecule has 1 aliphatic heterocycles. The Bertz CT molecular complexity index is 2590. The summed E-state index contributed by atoms with van der Waals surface area (Å²) < 4.78 is 19.6. The maximum atomic E-state index is 13.4. The molecule has 294 valence electrons. The zero-order chi connectivity index (χ0) is 39.8. The van der Waals surface area contributed by atoms with Gasteiger partial charge in [0.25, 0.3) is 11.8 Å². The van der Waals surface area contributed by atoms with E-state index in [-0.39, 0.29) is 29.6 Å². The smallest absolute Gasteiger partial charge is 0.329 e. The molecule has 0 bridgehead atoms. The second-order valence-corrected chi connectivity index (χ2v) is 14.5. The van der Waals surface area contributed by atoms with Crippen LogP contribution in [0.1, 0.15) is 77.4 Å². The summed E-state index contributed by atoms with van der Waals surface area (Å²) in [6.07, 6.45) is 9.20. The summed E-state index contributed by atoms with van der Waals surface area (Å²) in [6, 6.07) is 13.6. The molecule has 6 aromatic rings. The standard InChI is InChI=1S/C40H42FN11O5/c1-42-30-19-28(48-52-34(21-44-36(30)52)39(56)46-29-18-27(29)41)25-20-45-50(22-25)26-11-9-24(10-12-26)37(54)43-16-6-4-3-5-7-23-8-13-31-33(17-23)49(2)40(57)51(31)32-14-15-35(53)47-38(32)55/h8-13,17,19-22,27,29,32,42H,3-7,14-16,18H2,1-2H3,(H,43,54)(H,46,56)(H,47,53,55)/t27-,29+,32?/m0/s1. The minimum absolute atomic E-state index is 0.160. The summed E-state index contributed by atoms with van der Waals surface area (Å²) in [7, 11) is 3.44. The van der Waals surface area contributed by atoms with Gasteiger partial charge in [0, 0.05) is 50.8 Å². The van der Waals surface area contributed by atoms with Crippen LogP contribution in [0.4, 0.5) is 10.1 Å². The van der Waals surface area contributed by atoms with Crippen LogP contribution in [0.5, 0.6) is 0 Å². The Labute approximate surface area is 325 Å². The molecule has 4 amide bonds. The first-order valence-electron chi connectivity index (χ1n) is 19.1. The van der Waals surface area contributed by atoms with Gasteiger partial charge in [0.2, 0.25) is 11.8 Å². The van der Waals surface area contributed by atoms with Crippen molar-refractivity contribution in [3.8, 4) is 16.9 Å². The van der Waals surface area contributed by atoms with Crippen LogP contribution >= 0.6 is 0 Å². The molecular formula is C40H42FN11O5. The first-order chi connectivity index (χ1) is 27.6.